The highest BCUT2D eigenvalue weighted by Gasteiger charge is 2.26. The Morgan fingerprint density at radius 1 is 1.14 bits per heavy atom. The molecule has 2 rings (SSSR count). The summed E-state index contributed by atoms with van der Waals surface area (Å²) in [5, 5.41) is 0. The van der Waals surface area contributed by atoms with Crippen LogP contribution in [0.15, 0.2) is 18.2 Å². The number of carbonyl (C=O) groups is 1. The summed E-state index contributed by atoms with van der Waals surface area (Å²) in [7, 11) is 0. The lowest BCUT2D eigenvalue weighted by Gasteiger charge is -2.34. The molecular formula is C16H22F2N2O. The van der Waals surface area contributed by atoms with Crippen molar-refractivity contribution in [3.63, 3.8) is 0 Å². The van der Waals surface area contributed by atoms with E-state index in [2.05, 4.69) is 0 Å². The van der Waals surface area contributed by atoms with Crippen LogP contribution in [-0.2, 0) is 0 Å². The predicted octanol–water partition coefficient (Wildman–Crippen LogP) is 3.09. The molecule has 0 bridgehead atoms. The first-order chi connectivity index (χ1) is 10.1. The molecule has 0 heterocycles. The molecule has 116 valence electrons. The first kappa shape index (κ1) is 15.9. The van der Waals surface area contributed by atoms with E-state index >= 15 is 0 Å². The van der Waals surface area contributed by atoms with Crippen molar-refractivity contribution in [3.8, 4) is 0 Å². The average molecular weight is 296 g/mol. The maximum Gasteiger partial charge on any atom is 0.254 e. The minimum atomic E-state index is -0.722. The van der Waals surface area contributed by atoms with Gasteiger partial charge in [-0.3, -0.25) is 4.79 Å². The molecule has 1 aliphatic carbocycles. The number of hydrogen-bond acceptors (Lipinski definition) is 2. The molecule has 21 heavy (non-hydrogen) atoms. The van der Waals surface area contributed by atoms with Gasteiger partial charge in [-0.05, 0) is 37.9 Å². The number of hydrogen-bond donors (Lipinski definition) is 1. The number of carbonyl (C=O) groups excluding carboxylic acids is 1. The first-order valence-electron chi connectivity index (χ1n) is 7.59. The molecule has 1 amide bonds. The van der Waals surface area contributed by atoms with Crippen LogP contribution in [0.5, 0.6) is 0 Å². The highest BCUT2D eigenvalue weighted by molar-refractivity contribution is 5.94. The second kappa shape index (κ2) is 7.50. The fraction of sp³-hybridized carbons (Fsp3) is 0.562. The van der Waals surface area contributed by atoms with Crippen molar-refractivity contribution < 1.29 is 13.6 Å². The number of nitrogens with two attached hydrogens (primary N) is 1. The van der Waals surface area contributed by atoms with Crippen LogP contribution in [0, 0.1) is 11.6 Å². The highest BCUT2D eigenvalue weighted by Crippen LogP contribution is 2.24. The van der Waals surface area contributed by atoms with Gasteiger partial charge >= 0.3 is 0 Å². The van der Waals surface area contributed by atoms with Crippen molar-refractivity contribution >= 4 is 5.91 Å². The maximum absolute atomic E-state index is 13.3. The van der Waals surface area contributed by atoms with E-state index in [0.29, 0.717) is 19.5 Å². The van der Waals surface area contributed by atoms with Crippen LogP contribution in [0.2, 0.25) is 0 Å². The van der Waals surface area contributed by atoms with Crippen molar-refractivity contribution in [2.24, 2.45) is 5.73 Å². The third-order valence-corrected chi connectivity index (χ3v) is 3.99. The maximum atomic E-state index is 13.3. The Morgan fingerprint density at radius 2 is 1.76 bits per heavy atom. The number of rotatable bonds is 5. The Balaban J connectivity index is 2.19. The van der Waals surface area contributed by atoms with Crippen LogP contribution in [0.1, 0.15) is 48.9 Å². The molecule has 0 atom stereocenters. The van der Waals surface area contributed by atoms with E-state index in [9.17, 15) is 13.6 Å². The van der Waals surface area contributed by atoms with Crippen molar-refractivity contribution in [1.29, 1.82) is 0 Å². The average Bonchev–Trinajstić information content (AvgIpc) is 2.47. The van der Waals surface area contributed by atoms with Gasteiger partial charge in [0.1, 0.15) is 11.6 Å². The van der Waals surface area contributed by atoms with Gasteiger partial charge in [-0.25, -0.2) is 8.78 Å². The summed E-state index contributed by atoms with van der Waals surface area (Å²) in [5.74, 6) is -1.74. The van der Waals surface area contributed by atoms with Gasteiger partial charge in [0.25, 0.3) is 5.91 Å². The van der Waals surface area contributed by atoms with Crippen molar-refractivity contribution in [3.05, 3.63) is 35.4 Å². The zero-order valence-electron chi connectivity index (χ0n) is 12.2. The Labute approximate surface area is 124 Å². The zero-order chi connectivity index (χ0) is 15.2. The molecule has 0 spiro atoms. The molecule has 1 fully saturated rings. The third-order valence-electron chi connectivity index (χ3n) is 3.99. The molecule has 2 N–H and O–H groups in total. The minimum Gasteiger partial charge on any atom is -0.336 e. The lowest BCUT2D eigenvalue weighted by Crippen LogP contribution is -2.42. The molecule has 0 aliphatic heterocycles. The van der Waals surface area contributed by atoms with Crippen molar-refractivity contribution in [2.45, 2.75) is 44.6 Å². The van der Waals surface area contributed by atoms with Crippen LogP contribution in [0.25, 0.3) is 0 Å². The zero-order valence-corrected chi connectivity index (χ0v) is 12.2. The van der Waals surface area contributed by atoms with Crippen LogP contribution >= 0.6 is 0 Å². The van der Waals surface area contributed by atoms with Gasteiger partial charge in [0.2, 0.25) is 0 Å². The number of benzene rings is 1. The third kappa shape index (κ3) is 4.24. The van der Waals surface area contributed by atoms with Crippen molar-refractivity contribution in [2.75, 3.05) is 13.1 Å². The van der Waals surface area contributed by atoms with Gasteiger partial charge in [-0.2, -0.15) is 0 Å². The molecule has 3 nitrogen and oxygen atoms in total. The largest absolute Gasteiger partial charge is 0.336 e. The second-order valence-corrected chi connectivity index (χ2v) is 5.59. The fourth-order valence-corrected chi connectivity index (χ4v) is 2.95. The fourth-order valence-electron chi connectivity index (χ4n) is 2.95. The molecule has 5 heteroatoms. The minimum absolute atomic E-state index is 0.0788. The van der Waals surface area contributed by atoms with Crippen LogP contribution in [-0.4, -0.2) is 29.9 Å². The normalized spacial score (nSPS) is 16.0. The predicted molar refractivity (Wildman–Crippen MR) is 77.9 cm³/mol. The van der Waals surface area contributed by atoms with E-state index in [-0.39, 0.29) is 17.5 Å². The van der Waals surface area contributed by atoms with Crippen LogP contribution in [0.4, 0.5) is 8.78 Å². The van der Waals surface area contributed by atoms with Crippen LogP contribution in [0.3, 0.4) is 0 Å². The summed E-state index contributed by atoms with van der Waals surface area (Å²) in [4.78, 5) is 14.4. The van der Waals surface area contributed by atoms with Gasteiger partial charge in [0.05, 0.1) is 0 Å². The van der Waals surface area contributed by atoms with E-state index in [1.165, 1.54) is 6.42 Å². The molecule has 1 aromatic rings. The molecule has 1 aromatic carbocycles. The van der Waals surface area contributed by atoms with Gasteiger partial charge in [0.15, 0.2) is 0 Å². The molecule has 1 saturated carbocycles. The molecular weight excluding hydrogens is 274 g/mol. The number of nitrogens with zero attached hydrogens (tertiary/aromatic N) is 1. The lowest BCUT2D eigenvalue weighted by atomic mass is 9.93. The SMILES string of the molecule is NCCCN(C(=O)c1cc(F)cc(F)c1)C1CCCCC1. The summed E-state index contributed by atoms with van der Waals surface area (Å²) in [6.07, 6.45) is 5.97. The molecule has 0 saturated heterocycles. The topological polar surface area (TPSA) is 46.3 Å². The molecule has 0 radical (unpaired) electrons. The number of amides is 1. The van der Waals surface area contributed by atoms with E-state index in [0.717, 1.165) is 43.9 Å². The van der Waals surface area contributed by atoms with Gasteiger partial charge in [-0.15, -0.1) is 0 Å². The molecule has 0 unspecified atom stereocenters. The standard InChI is InChI=1S/C16H22F2N2O/c17-13-9-12(10-14(18)11-13)16(21)20(8-4-7-19)15-5-2-1-3-6-15/h9-11,15H,1-8,19H2. The van der Waals surface area contributed by atoms with E-state index in [1.807, 2.05) is 0 Å². The summed E-state index contributed by atoms with van der Waals surface area (Å²) < 4.78 is 26.6. The van der Waals surface area contributed by atoms with Crippen LogP contribution < -0.4 is 5.73 Å². The molecule has 0 aromatic heterocycles. The lowest BCUT2D eigenvalue weighted by molar-refractivity contribution is 0.0631. The van der Waals surface area contributed by atoms with E-state index in [1.54, 1.807) is 4.90 Å². The van der Waals surface area contributed by atoms with Crippen molar-refractivity contribution in [1.82, 2.24) is 4.90 Å². The summed E-state index contributed by atoms with van der Waals surface area (Å²) in [6.45, 7) is 1.03. The summed E-state index contributed by atoms with van der Waals surface area (Å²) in [5.41, 5.74) is 5.61. The second-order valence-electron chi connectivity index (χ2n) is 5.59. The monoisotopic (exact) mass is 296 g/mol. The van der Waals surface area contributed by atoms with Gasteiger partial charge < -0.3 is 10.6 Å². The Kier molecular flexibility index (Phi) is 5.67. The first-order valence-corrected chi connectivity index (χ1v) is 7.59. The van der Waals surface area contributed by atoms with E-state index < -0.39 is 11.6 Å². The van der Waals surface area contributed by atoms with E-state index in [4.69, 9.17) is 5.73 Å². The summed E-state index contributed by atoms with van der Waals surface area (Å²) >= 11 is 0. The summed E-state index contributed by atoms with van der Waals surface area (Å²) in [6, 6.07) is 3.14. The smallest absolute Gasteiger partial charge is 0.254 e. The molecule has 1 aliphatic rings. The quantitative estimate of drug-likeness (QED) is 0.907. The number of halogens is 2. The van der Waals surface area contributed by atoms with Gasteiger partial charge in [0, 0.05) is 24.2 Å². The Morgan fingerprint density at radius 3 is 2.33 bits per heavy atom. The Bertz CT molecular complexity index is 467. The highest BCUT2D eigenvalue weighted by atomic mass is 19.1. The van der Waals surface area contributed by atoms with Gasteiger partial charge in [-0.1, -0.05) is 19.3 Å². The Hall–Kier alpha value is -1.49.